The standard InChI is InChI=1S/C24H22N2O2S/c27-29(28,26-18-10-5-2-6-11-18)19-14-15-23-22(16-19)20-12-7-13-21(20)24(25-23)17-8-3-1-4-9-17/h1-12,14-16,20-21,24-26H,13H2. The van der Waals surface area contributed by atoms with Gasteiger partial charge in [0.2, 0.25) is 0 Å². The van der Waals surface area contributed by atoms with Crippen molar-refractivity contribution in [2.75, 3.05) is 10.0 Å². The van der Waals surface area contributed by atoms with E-state index in [1.54, 1.807) is 18.2 Å². The zero-order chi connectivity index (χ0) is 19.8. The van der Waals surface area contributed by atoms with Crippen LogP contribution in [0, 0.1) is 5.92 Å². The van der Waals surface area contributed by atoms with Crippen molar-refractivity contribution >= 4 is 21.4 Å². The van der Waals surface area contributed by atoms with Gasteiger partial charge in [-0.1, -0.05) is 60.7 Å². The van der Waals surface area contributed by atoms with Crippen molar-refractivity contribution in [3.8, 4) is 0 Å². The minimum atomic E-state index is -3.64. The molecule has 5 heteroatoms. The lowest BCUT2D eigenvalue weighted by Gasteiger charge is -2.37. The van der Waals surface area contributed by atoms with Crippen molar-refractivity contribution < 1.29 is 8.42 Å². The number of hydrogen-bond acceptors (Lipinski definition) is 3. The second-order valence-electron chi connectivity index (χ2n) is 7.61. The largest absolute Gasteiger partial charge is 0.378 e. The van der Waals surface area contributed by atoms with E-state index in [1.807, 2.05) is 36.4 Å². The Morgan fingerprint density at radius 2 is 1.62 bits per heavy atom. The molecule has 146 valence electrons. The van der Waals surface area contributed by atoms with Crippen LogP contribution in [0.25, 0.3) is 0 Å². The van der Waals surface area contributed by atoms with Crippen molar-refractivity contribution in [3.63, 3.8) is 0 Å². The average Bonchev–Trinajstić information content (AvgIpc) is 3.24. The molecule has 0 amide bonds. The molecule has 3 atom stereocenters. The number of nitrogens with one attached hydrogen (secondary N) is 2. The van der Waals surface area contributed by atoms with Gasteiger partial charge in [-0.3, -0.25) is 4.72 Å². The van der Waals surface area contributed by atoms with Crippen LogP contribution in [0.1, 0.15) is 29.5 Å². The molecular weight excluding hydrogens is 380 g/mol. The normalized spacial score (nSPS) is 22.4. The summed E-state index contributed by atoms with van der Waals surface area (Å²) < 4.78 is 28.5. The Bertz CT molecular complexity index is 1160. The minimum Gasteiger partial charge on any atom is -0.378 e. The lowest BCUT2D eigenvalue weighted by Crippen LogP contribution is -2.29. The molecule has 0 spiro atoms. The van der Waals surface area contributed by atoms with E-state index in [9.17, 15) is 8.42 Å². The Kier molecular flexibility index (Phi) is 4.40. The molecule has 0 bridgehead atoms. The van der Waals surface area contributed by atoms with E-state index >= 15 is 0 Å². The number of hydrogen-bond donors (Lipinski definition) is 2. The average molecular weight is 403 g/mol. The Morgan fingerprint density at radius 1 is 0.897 bits per heavy atom. The van der Waals surface area contributed by atoms with Crippen LogP contribution in [0.4, 0.5) is 11.4 Å². The lowest BCUT2D eigenvalue weighted by atomic mass is 9.77. The summed E-state index contributed by atoms with van der Waals surface area (Å²) in [5.41, 5.74) is 3.88. The number of fused-ring (bicyclic) bond motifs is 3. The van der Waals surface area contributed by atoms with Gasteiger partial charge in [0.05, 0.1) is 10.9 Å². The van der Waals surface area contributed by atoms with Gasteiger partial charge in [-0.25, -0.2) is 8.42 Å². The van der Waals surface area contributed by atoms with E-state index in [4.69, 9.17) is 0 Å². The van der Waals surface area contributed by atoms with E-state index in [-0.39, 0.29) is 12.0 Å². The van der Waals surface area contributed by atoms with Gasteiger partial charge in [-0.15, -0.1) is 0 Å². The lowest BCUT2D eigenvalue weighted by molar-refractivity contribution is 0.425. The summed E-state index contributed by atoms with van der Waals surface area (Å²) in [6, 6.07) is 25.1. The molecule has 3 aromatic carbocycles. The second kappa shape index (κ2) is 7.08. The number of sulfonamides is 1. The van der Waals surface area contributed by atoms with Gasteiger partial charge in [-0.05, 0) is 53.8 Å². The highest BCUT2D eigenvalue weighted by molar-refractivity contribution is 7.92. The Labute approximate surface area is 171 Å². The molecule has 2 aliphatic rings. The molecule has 29 heavy (non-hydrogen) atoms. The molecule has 5 rings (SSSR count). The SMILES string of the molecule is O=S(=O)(Nc1ccccc1)c1ccc2c(c1)C1C=CCC1C(c1ccccc1)N2. The third kappa shape index (κ3) is 3.32. The molecule has 3 aromatic rings. The maximum Gasteiger partial charge on any atom is 0.261 e. The number of para-hydroxylation sites is 1. The van der Waals surface area contributed by atoms with E-state index < -0.39 is 10.0 Å². The summed E-state index contributed by atoms with van der Waals surface area (Å²) in [5, 5.41) is 3.66. The number of allylic oxidation sites excluding steroid dienone is 2. The molecule has 0 saturated heterocycles. The first kappa shape index (κ1) is 18.0. The van der Waals surface area contributed by atoms with Crippen LogP contribution < -0.4 is 10.0 Å². The summed E-state index contributed by atoms with van der Waals surface area (Å²) in [5.74, 6) is 0.591. The predicted octanol–water partition coefficient (Wildman–Crippen LogP) is 5.31. The fraction of sp³-hybridized carbons (Fsp3) is 0.167. The first-order valence-electron chi connectivity index (χ1n) is 9.82. The fourth-order valence-electron chi connectivity index (χ4n) is 4.45. The monoisotopic (exact) mass is 402 g/mol. The second-order valence-corrected chi connectivity index (χ2v) is 9.29. The van der Waals surface area contributed by atoms with Crippen molar-refractivity contribution in [2.24, 2.45) is 5.92 Å². The van der Waals surface area contributed by atoms with Crippen LogP contribution in [-0.2, 0) is 10.0 Å². The van der Waals surface area contributed by atoms with Crippen molar-refractivity contribution in [1.29, 1.82) is 0 Å². The highest BCUT2D eigenvalue weighted by Crippen LogP contribution is 2.50. The summed E-state index contributed by atoms with van der Waals surface area (Å²) >= 11 is 0. The highest BCUT2D eigenvalue weighted by atomic mass is 32.2. The maximum absolute atomic E-state index is 12.9. The van der Waals surface area contributed by atoms with Crippen LogP contribution in [0.5, 0.6) is 0 Å². The molecular formula is C24H22N2O2S. The Hall–Kier alpha value is -3.05. The van der Waals surface area contributed by atoms with E-state index in [2.05, 4.69) is 46.5 Å². The van der Waals surface area contributed by atoms with Gasteiger partial charge in [-0.2, -0.15) is 0 Å². The van der Waals surface area contributed by atoms with Gasteiger partial charge in [0, 0.05) is 17.3 Å². The molecule has 4 nitrogen and oxygen atoms in total. The van der Waals surface area contributed by atoms with Crippen molar-refractivity contribution in [3.05, 3.63) is 102 Å². The molecule has 1 heterocycles. The van der Waals surface area contributed by atoms with Gasteiger partial charge in [0.25, 0.3) is 10.0 Å². The third-order valence-corrected chi connectivity index (χ3v) is 7.21. The van der Waals surface area contributed by atoms with Gasteiger partial charge < -0.3 is 5.32 Å². The minimum absolute atomic E-state index is 0.211. The quantitative estimate of drug-likeness (QED) is 0.581. The van der Waals surface area contributed by atoms with Gasteiger partial charge in [0.15, 0.2) is 0 Å². The molecule has 2 N–H and O–H groups in total. The highest BCUT2D eigenvalue weighted by Gasteiger charge is 2.38. The van der Waals surface area contributed by atoms with Crippen molar-refractivity contribution in [2.45, 2.75) is 23.3 Å². The number of benzene rings is 3. The topological polar surface area (TPSA) is 58.2 Å². The van der Waals surface area contributed by atoms with E-state index in [0.29, 0.717) is 16.5 Å². The molecule has 1 aliphatic carbocycles. The van der Waals surface area contributed by atoms with E-state index in [0.717, 1.165) is 17.7 Å². The molecule has 0 fully saturated rings. The fourth-order valence-corrected chi connectivity index (χ4v) is 5.54. The summed E-state index contributed by atoms with van der Waals surface area (Å²) in [6.07, 6.45) is 5.42. The molecule has 1 aliphatic heterocycles. The zero-order valence-electron chi connectivity index (χ0n) is 15.8. The summed E-state index contributed by atoms with van der Waals surface area (Å²) in [7, 11) is -3.64. The summed E-state index contributed by atoms with van der Waals surface area (Å²) in [4.78, 5) is 0.291. The van der Waals surface area contributed by atoms with Crippen LogP contribution in [0.2, 0.25) is 0 Å². The molecule has 0 aromatic heterocycles. The summed E-state index contributed by atoms with van der Waals surface area (Å²) in [6.45, 7) is 0. The molecule has 0 saturated carbocycles. The predicted molar refractivity (Wildman–Crippen MR) is 116 cm³/mol. The smallest absolute Gasteiger partial charge is 0.261 e. The number of rotatable bonds is 4. The van der Waals surface area contributed by atoms with Crippen LogP contribution in [0.15, 0.2) is 95.9 Å². The zero-order valence-corrected chi connectivity index (χ0v) is 16.6. The van der Waals surface area contributed by atoms with Crippen LogP contribution >= 0.6 is 0 Å². The van der Waals surface area contributed by atoms with Crippen LogP contribution in [0.3, 0.4) is 0 Å². The third-order valence-electron chi connectivity index (χ3n) is 5.83. The first-order chi connectivity index (χ1) is 14.1. The Balaban J connectivity index is 1.51. The van der Waals surface area contributed by atoms with Crippen LogP contribution in [-0.4, -0.2) is 8.42 Å². The van der Waals surface area contributed by atoms with Gasteiger partial charge in [0.1, 0.15) is 0 Å². The number of anilines is 2. The van der Waals surface area contributed by atoms with E-state index in [1.165, 1.54) is 5.56 Å². The maximum atomic E-state index is 12.9. The van der Waals surface area contributed by atoms with Crippen molar-refractivity contribution in [1.82, 2.24) is 0 Å². The first-order valence-corrected chi connectivity index (χ1v) is 11.3. The molecule has 3 unspecified atom stereocenters. The molecule has 0 radical (unpaired) electrons. The Morgan fingerprint density at radius 3 is 2.38 bits per heavy atom. The van der Waals surface area contributed by atoms with Gasteiger partial charge >= 0.3 is 0 Å².